The van der Waals surface area contributed by atoms with Crippen LogP contribution >= 0.6 is 0 Å². The third-order valence-electron chi connectivity index (χ3n) is 1.63. The van der Waals surface area contributed by atoms with Gasteiger partial charge in [-0.25, -0.2) is 4.79 Å². The van der Waals surface area contributed by atoms with E-state index in [0.29, 0.717) is 0 Å². The normalized spacial score (nSPS) is 9.50. The molecule has 3 amide bonds. The van der Waals surface area contributed by atoms with E-state index < -0.39 is 11.9 Å². The summed E-state index contributed by atoms with van der Waals surface area (Å²) in [5, 5.41) is 11.2. The van der Waals surface area contributed by atoms with E-state index in [2.05, 4.69) is 0 Å². The predicted molar refractivity (Wildman–Crippen MR) is 49.9 cm³/mol. The number of hydrogen-bond acceptors (Lipinski definition) is 3. The number of primary amides is 1. The summed E-state index contributed by atoms with van der Waals surface area (Å²) in [6.07, 6.45) is 0. The molecule has 0 aliphatic rings. The second-order valence-corrected chi connectivity index (χ2v) is 2.84. The minimum atomic E-state index is -0.949. The number of carbonyl (C=O) groups is 2. The van der Waals surface area contributed by atoms with Gasteiger partial charge in [-0.3, -0.25) is 10.1 Å². The molecule has 0 saturated heterocycles. The van der Waals surface area contributed by atoms with Gasteiger partial charge < -0.3 is 10.8 Å². The highest BCUT2D eigenvalue weighted by Gasteiger charge is 2.11. The number of carbonyl (C=O) groups excluding carboxylic acids is 2. The molecule has 0 aliphatic heterocycles. The lowest BCUT2D eigenvalue weighted by atomic mass is 10.1. The Bertz CT molecular complexity index is 388. The van der Waals surface area contributed by atoms with Gasteiger partial charge in [-0.2, -0.15) is 0 Å². The molecular formula is C9H10N2O3. The van der Waals surface area contributed by atoms with E-state index in [0.717, 1.165) is 5.56 Å². The van der Waals surface area contributed by atoms with Gasteiger partial charge in [0.1, 0.15) is 5.75 Å². The van der Waals surface area contributed by atoms with Crippen molar-refractivity contribution in [2.75, 3.05) is 0 Å². The Hall–Kier alpha value is -2.04. The van der Waals surface area contributed by atoms with E-state index in [1.807, 2.05) is 5.32 Å². The van der Waals surface area contributed by atoms with Crippen LogP contribution in [0.5, 0.6) is 5.75 Å². The van der Waals surface area contributed by atoms with Crippen LogP contribution in [0.2, 0.25) is 0 Å². The van der Waals surface area contributed by atoms with Crippen LogP contribution < -0.4 is 11.1 Å². The molecule has 1 rings (SSSR count). The van der Waals surface area contributed by atoms with Crippen LogP contribution in [0.3, 0.4) is 0 Å². The van der Waals surface area contributed by atoms with Gasteiger partial charge in [0.25, 0.3) is 5.91 Å². The predicted octanol–water partition coefficient (Wildman–Crippen LogP) is 0.509. The highest BCUT2D eigenvalue weighted by molar-refractivity contribution is 6.05. The minimum absolute atomic E-state index is 0.0226. The van der Waals surface area contributed by atoms with Crippen molar-refractivity contribution in [2.45, 2.75) is 6.92 Å². The van der Waals surface area contributed by atoms with Crippen LogP contribution in [0.25, 0.3) is 0 Å². The fourth-order valence-corrected chi connectivity index (χ4v) is 1.01. The van der Waals surface area contributed by atoms with Crippen LogP contribution in [0.4, 0.5) is 4.79 Å². The van der Waals surface area contributed by atoms with Crippen molar-refractivity contribution in [3.05, 3.63) is 29.3 Å². The number of phenols is 1. The first-order chi connectivity index (χ1) is 6.50. The van der Waals surface area contributed by atoms with Gasteiger partial charge in [0.15, 0.2) is 0 Å². The van der Waals surface area contributed by atoms with Crippen molar-refractivity contribution in [1.29, 1.82) is 0 Å². The van der Waals surface area contributed by atoms with E-state index >= 15 is 0 Å². The van der Waals surface area contributed by atoms with Crippen LogP contribution in [0.15, 0.2) is 18.2 Å². The van der Waals surface area contributed by atoms with E-state index in [4.69, 9.17) is 5.73 Å². The number of benzene rings is 1. The second-order valence-electron chi connectivity index (χ2n) is 2.84. The number of amides is 3. The maximum atomic E-state index is 11.2. The molecule has 1 aromatic rings. The van der Waals surface area contributed by atoms with Crippen LogP contribution in [0, 0.1) is 6.92 Å². The first-order valence-corrected chi connectivity index (χ1v) is 3.91. The smallest absolute Gasteiger partial charge is 0.319 e. The standard InChI is InChI=1S/C9H10N2O3/c1-5-2-3-6(7(12)4-5)8(13)11-9(10)14/h2-4,12H,1H3,(H3,10,11,13,14). The van der Waals surface area contributed by atoms with E-state index in [1.165, 1.54) is 12.1 Å². The second kappa shape index (κ2) is 3.78. The summed E-state index contributed by atoms with van der Waals surface area (Å²) in [5.41, 5.74) is 5.60. The molecule has 0 unspecified atom stereocenters. The molecule has 0 heterocycles. The Labute approximate surface area is 80.5 Å². The van der Waals surface area contributed by atoms with Gasteiger partial charge in [-0.15, -0.1) is 0 Å². The zero-order valence-electron chi connectivity index (χ0n) is 7.57. The lowest BCUT2D eigenvalue weighted by Crippen LogP contribution is -2.34. The van der Waals surface area contributed by atoms with Gasteiger partial charge in [0, 0.05) is 0 Å². The van der Waals surface area contributed by atoms with Gasteiger partial charge in [-0.05, 0) is 24.6 Å². The van der Waals surface area contributed by atoms with Gasteiger partial charge >= 0.3 is 6.03 Å². The fourth-order valence-electron chi connectivity index (χ4n) is 1.01. The average Bonchev–Trinajstić information content (AvgIpc) is 2.01. The van der Waals surface area contributed by atoms with E-state index in [9.17, 15) is 14.7 Å². The van der Waals surface area contributed by atoms with Crippen LogP contribution in [-0.2, 0) is 0 Å². The molecule has 0 aromatic heterocycles. The molecule has 5 nitrogen and oxygen atoms in total. The SMILES string of the molecule is Cc1ccc(C(=O)NC(N)=O)c(O)c1. The van der Waals surface area contributed by atoms with Gasteiger partial charge in [0.05, 0.1) is 5.56 Å². The van der Waals surface area contributed by atoms with Crippen molar-refractivity contribution < 1.29 is 14.7 Å². The van der Waals surface area contributed by atoms with E-state index in [1.54, 1.807) is 13.0 Å². The molecule has 0 spiro atoms. The fraction of sp³-hybridized carbons (Fsp3) is 0.111. The summed E-state index contributed by atoms with van der Waals surface area (Å²) in [4.78, 5) is 21.6. The lowest BCUT2D eigenvalue weighted by molar-refractivity contribution is 0.0963. The Morgan fingerprint density at radius 1 is 1.43 bits per heavy atom. The molecule has 0 atom stereocenters. The van der Waals surface area contributed by atoms with Gasteiger partial charge in [0.2, 0.25) is 0 Å². The van der Waals surface area contributed by atoms with Crippen molar-refractivity contribution in [3.63, 3.8) is 0 Å². The summed E-state index contributed by atoms with van der Waals surface area (Å²) >= 11 is 0. The van der Waals surface area contributed by atoms with Crippen LogP contribution in [-0.4, -0.2) is 17.0 Å². The zero-order chi connectivity index (χ0) is 10.7. The van der Waals surface area contributed by atoms with Gasteiger partial charge in [-0.1, -0.05) is 6.07 Å². The molecule has 4 N–H and O–H groups in total. The van der Waals surface area contributed by atoms with E-state index in [-0.39, 0.29) is 11.3 Å². The molecule has 0 radical (unpaired) electrons. The molecule has 1 aromatic carbocycles. The molecule has 0 fully saturated rings. The van der Waals surface area contributed by atoms with Crippen LogP contribution in [0.1, 0.15) is 15.9 Å². The summed E-state index contributed by atoms with van der Waals surface area (Å²) in [6.45, 7) is 1.77. The summed E-state index contributed by atoms with van der Waals surface area (Å²) in [6, 6.07) is 3.55. The number of urea groups is 1. The number of nitrogens with one attached hydrogen (secondary N) is 1. The first-order valence-electron chi connectivity index (χ1n) is 3.91. The maximum Gasteiger partial charge on any atom is 0.319 e. The quantitative estimate of drug-likeness (QED) is 0.608. The maximum absolute atomic E-state index is 11.2. The molecular weight excluding hydrogens is 184 g/mol. The third kappa shape index (κ3) is 2.22. The largest absolute Gasteiger partial charge is 0.507 e. The Kier molecular flexibility index (Phi) is 2.71. The monoisotopic (exact) mass is 194 g/mol. The number of aromatic hydroxyl groups is 1. The highest BCUT2D eigenvalue weighted by Crippen LogP contribution is 2.17. The Morgan fingerprint density at radius 2 is 2.07 bits per heavy atom. The summed E-state index contributed by atoms with van der Waals surface area (Å²) in [5.74, 6) is -0.890. The van der Waals surface area contributed by atoms with Crippen molar-refractivity contribution in [3.8, 4) is 5.75 Å². The van der Waals surface area contributed by atoms with Crippen molar-refractivity contribution >= 4 is 11.9 Å². The van der Waals surface area contributed by atoms with Crippen molar-refractivity contribution in [1.82, 2.24) is 5.32 Å². The molecule has 14 heavy (non-hydrogen) atoms. The number of nitrogens with two attached hydrogens (primary N) is 1. The molecule has 0 bridgehead atoms. The molecule has 0 aliphatic carbocycles. The lowest BCUT2D eigenvalue weighted by Gasteiger charge is -2.03. The topological polar surface area (TPSA) is 92.4 Å². The number of phenolic OH excluding ortho intramolecular Hbond substituents is 1. The average molecular weight is 194 g/mol. The third-order valence-corrected chi connectivity index (χ3v) is 1.63. The Balaban J connectivity index is 2.96. The summed E-state index contributed by atoms with van der Waals surface area (Å²) in [7, 11) is 0. The number of hydrogen-bond donors (Lipinski definition) is 3. The van der Waals surface area contributed by atoms with Crippen molar-refractivity contribution in [2.24, 2.45) is 5.73 Å². The minimum Gasteiger partial charge on any atom is -0.507 e. The number of imide groups is 1. The first kappa shape index (κ1) is 10.0. The zero-order valence-corrected chi connectivity index (χ0v) is 7.57. The number of aryl methyl sites for hydroxylation is 1. The molecule has 74 valence electrons. The Morgan fingerprint density at radius 3 is 2.57 bits per heavy atom. The molecule has 0 saturated carbocycles. The summed E-state index contributed by atoms with van der Waals surface area (Å²) < 4.78 is 0. The number of rotatable bonds is 1. The molecule has 5 heteroatoms. The highest BCUT2D eigenvalue weighted by atomic mass is 16.3.